The van der Waals surface area contributed by atoms with Crippen molar-refractivity contribution in [2.45, 2.75) is 39.3 Å². The normalized spacial score (nSPS) is 16.7. The maximum Gasteiger partial charge on any atom is 0.192 e. The number of benzene rings is 1. The first kappa shape index (κ1) is 21.4. The Kier molecular flexibility index (Phi) is 6.86. The van der Waals surface area contributed by atoms with Crippen LogP contribution in [0.4, 0.5) is 5.69 Å². The number of thiophene rings is 1. The van der Waals surface area contributed by atoms with Gasteiger partial charge >= 0.3 is 0 Å². The van der Waals surface area contributed by atoms with E-state index in [4.69, 9.17) is 4.99 Å². The number of anilines is 1. The standard InChI is InChI=1S/C23H31N7S/c1-17-6-8-20(9-7-17)30-13-11-19(16-30)26-23(24-12-10-21-5-4-14-31-21)25-15-22-28-27-18(2)29(22)3/h4-9,14,19H,10-13,15-16H2,1-3H3,(H2,24,25,26). The van der Waals surface area contributed by atoms with Crippen molar-refractivity contribution < 1.29 is 0 Å². The van der Waals surface area contributed by atoms with Crippen molar-refractivity contribution in [1.82, 2.24) is 25.4 Å². The summed E-state index contributed by atoms with van der Waals surface area (Å²) < 4.78 is 1.99. The van der Waals surface area contributed by atoms with Crippen molar-refractivity contribution in [3.8, 4) is 0 Å². The van der Waals surface area contributed by atoms with Gasteiger partial charge in [-0.1, -0.05) is 23.8 Å². The molecule has 8 heteroatoms. The molecule has 0 bridgehead atoms. The van der Waals surface area contributed by atoms with Gasteiger partial charge in [0.25, 0.3) is 0 Å². The molecule has 1 fully saturated rings. The number of aromatic nitrogens is 3. The number of hydrogen-bond donors (Lipinski definition) is 2. The van der Waals surface area contributed by atoms with E-state index in [-0.39, 0.29) is 0 Å². The van der Waals surface area contributed by atoms with Crippen molar-refractivity contribution >= 4 is 23.0 Å². The van der Waals surface area contributed by atoms with Gasteiger partial charge in [-0.15, -0.1) is 21.5 Å². The SMILES string of the molecule is Cc1ccc(N2CCC(NC(=NCc3nnc(C)n3C)NCCc3cccs3)C2)cc1. The zero-order chi connectivity index (χ0) is 21.6. The lowest BCUT2D eigenvalue weighted by Gasteiger charge is -2.21. The molecular weight excluding hydrogens is 406 g/mol. The van der Waals surface area contributed by atoms with E-state index in [1.165, 1.54) is 16.1 Å². The quantitative estimate of drug-likeness (QED) is 0.439. The van der Waals surface area contributed by atoms with Gasteiger partial charge in [0.1, 0.15) is 12.4 Å². The van der Waals surface area contributed by atoms with E-state index < -0.39 is 0 Å². The fourth-order valence-electron chi connectivity index (χ4n) is 3.71. The molecule has 3 heterocycles. The Hall–Kier alpha value is -2.87. The van der Waals surface area contributed by atoms with Crippen LogP contribution in [0.25, 0.3) is 0 Å². The van der Waals surface area contributed by atoms with Crippen molar-refractivity contribution in [2.24, 2.45) is 12.0 Å². The highest BCUT2D eigenvalue weighted by atomic mass is 32.1. The van der Waals surface area contributed by atoms with Gasteiger partial charge < -0.3 is 20.1 Å². The summed E-state index contributed by atoms with van der Waals surface area (Å²) in [7, 11) is 1.98. The van der Waals surface area contributed by atoms with E-state index in [1.807, 2.05) is 18.5 Å². The van der Waals surface area contributed by atoms with Crippen molar-refractivity contribution in [2.75, 3.05) is 24.5 Å². The van der Waals surface area contributed by atoms with Gasteiger partial charge in [0, 0.05) is 43.3 Å². The maximum absolute atomic E-state index is 4.82. The van der Waals surface area contributed by atoms with Crippen molar-refractivity contribution in [3.63, 3.8) is 0 Å². The Bertz CT molecular complexity index is 992. The average molecular weight is 438 g/mol. The molecule has 2 N–H and O–H groups in total. The summed E-state index contributed by atoms with van der Waals surface area (Å²) in [5.74, 6) is 2.60. The summed E-state index contributed by atoms with van der Waals surface area (Å²) in [6, 6.07) is 13.4. The van der Waals surface area contributed by atoms with Crippen LogP contribution in [0.2, 0.25) is 0 Å². The first-order chi connectivity index (χ1) is 15.1. The molecule has 0 saturated carbocycles. The Morgan fingerprint density at radius 1 is 1.19 bits per heavy atom. The van der Waals surface area contributed by atoms with Crippen LogP contribution in [0.5, 0.6) is 0 Å². The zero-order valence-corrected chi connectivity index (χ0v) is 19.3. The van der Waals surface area contributed by atoms with Gasteiger partial charge in [-0.3, -0.25) is 0 Å². The minimum Gasteiger partial charge on any atom is -0.369 e. The van der Waals surface area contributed by atoms with Crippen LogP contribution < -0.4 is 15.5 Å². The highest BCUT2D eigenvalue weighted by Gasteiger charge is 2.23. The predicted molar refractivity (Wildman–Crippen MR) is 128 cm³/mol. The Balaban J connectivity index is 1.38. The lowest BCUT2D eigenvalue weighted by Crippen LogP contribution is -2.45. The number of guanidine groups is 1. The molecular formula is C23H31N7S. The lowest BCUT2D eigenvalue weighted by atomic mass is 10.2. The number of aryl methyl sites for hydroxylation is 2. The molecule has 4 rings (SSSR count). The number of hydrogen-bond acceptors (Lipinski definition) is 5. The van der Waals surface area contributed by atoms with E-state index >= 15 is 0 Å². The predicted octanol–water partition coefficient (Wildman–Crippen LogP) is 3.05. The lowest BCUT2D eigenvalue weighted by molar-refractivity contribution is 0.643. The highest BCUT2D eigenvalue weighted by Crippen LogP contribution is 2.20. The van der Waals surface area contributed by atoms with E-state index in [9.17, 15) is 0 Å². The molecule has 1 aromatic carbocycles. The molecule has 2 aromatic heterocycles. The molecule has 7 nitrogen and oxygen atoms in total. The smallest absolute Gasteiger partial charge is 0.192 e. The third-order valence-electron chi connectivity index (χ3n) is 5.73. The summed E-state index contributed by atoms with van der Waals surface area (Å²) in [6.07, 6.45) is 2.07. The molecule has 3 aromatic rings. The summed E-state index contributed by atoms with van der Waals surface area (Å²) in [6.45, 7) is 7.44. The summed E-state index contributed by atoms with van der Waals surface area (Å²) in [4.78, 5) is 8.63. The molecule has 0 radical (unpaired) electrons. The Labute approximate surface area is 188 Å². The van der Waals surface area contributed by atoms with E-state index in [0.29, 0.717) is 12.6 Å². The monoisotopic (exact) mass is 437 g/mol. The fraction of sp³-hybridized carbons (Fsp3) is 0.435. The largest absolute Gasteiger partial charge is 0.369 e. The average Bonchev–Trinajstić information content (AvgIpc) is 3.51. The van der Waals surface area contributed by atoms with Crippen LogP contribution >= 0.6 is 11.3 Å². The van der Waals surface area contributed by atoms with Crippen LogP contribution in [0.3, 0.4) is 0 Å². The molecule has 0 spiro atoms. The number of rotatable bonds is 7. The maximum atomic E-state index is 4.82. The number of aliphatic imine (C=N–C) groups is 1. The van der Waals surface area contributed by atoms with Gasteiger partial charge in [0.05, 0.1) is 0 Å². The number of nitrogens with zero attached hydrogens (tertiary/aromatic N) is 5. The third-order valence-corrected chi connectivity index (χ3v) is 6.67. The van der Waals surface area contributed by atoms with E-state index in [2.05, 4.69) is 74.4 Å². The fourth-order valence-corrected chi connectivity index (χ4v) is 4.42. The van der Waals surface area contributed by atoms with E-state index in [0.717, 1.165) is 50.1 Å². The first-order valence-electron chi connectivity index (χ1n) is 10.8. The van der Waals surface area contributed by atoms with Crippen LogP contribution in [-0.4, -0.2) is 46.4 Å². The molecule has 1 aliphatic rings. The first-order valence-corrected chi connectivity index (χ1v) is 11.7. The van der Waals surface area contributed by atoms with Gasteiger partial charge in [-0.25, -0.2) is 4.99 Å². The third kappa shape index (κ3) is 5.64. The topological polar surface area (TPSA) is 70.4 Å². The van der Waals surface area contributed by atoms with Gasteiger partial charge in [0.15, 0.2) is 11.8 Å². The summed E-state index contributed by atoms with van der Waals surface area (Å²) >= 11 is 1.79. The van der Waals surface area contributed by atoms with Crippen molar-refractivity contribution in [3.05, 3.63) is 63.9 Å². The molecule has 164 valence electrons. The molecule has 1 aliphatic heterocycles. The van der Waals surface area contributed by atoms with Crippen LogP contribution in [0, 0.1) is 13.8 Å². The van der Waals surface area contributed by atoms with Crippen LogP contribution in [-0.2, 0) is 20.0 Å². The molecule has 1 saturated heterocycles. The second-order valence-electron chi connectivity index (χ2n) is 8.05. The molecule has 0 amide bonds. The van der Waals surface area contributed by atoms with E-state index in [1.54, 1.807) is 11.3 Å². The van der Waals surface area contributed by atoms with Crippen LogP contribution in [0.15, 0.2) is 46.8 Å². The molecule has 1 atom stereocenters. The Morgan fingerprint density at radius 3 is 2.74 bits per heavy atom. The second kappa shape index (κ2) is 9.96. The summed E-state index contributed by atoms with van der Waals surface area (Å²) in [5, 5.41) is 17.7. The number of nitrogens with one attached hydrogen (secondary N) is 2. The van der Waals surface area contributed by atoms with Crippen molar-refractivity contribution in [1.29, 1.82) is 0 Å². The summed E-state index contributed by atoms with van der Waals surface area (Å²) in [5.41, 5.74) is 2.58. The molecule has 31 heavy (non-hydrogen) atoms. The molecule has 0 aliphatic carbocycles. The Morgan fingerprint density at radius 2 is 2.03 bits per heavy atom. The minimum absolute atomic E-state index is 0.357. The highest BCUT2D eigenvalue weighted by molar-refractivity contribution is 7.09. The zero-order valence-electron chi connectivity index (χ0n) is 18.5. The van der Waals surface area contributed by atoms with Gasteiger partial charge in [-0.2, -0.15) is 0 Å². The van der Waals surface area contributed by atoms with Crippen LogP contribution in [0.1, 0.15) is 28.5 Å². The van der Waals surface area contributed by atoms with Gasteiger partial charge in [0.2, 0.25) is 0 Å². The molecule has 1 unspecified atom stereocenters. The minimum atomic E-state index is 0.357. The van der Waals surface area contributed by atoms with Gasteiger partial charge in [-0.05, 0) is 50.3 Å². The second-order valence-corrected chi connectivity index (χ2v) is 9.09.